The molecule has 0 spiro atoms. The summed E-state index contributed by atoms with van der Waals surface area (Å²) in [6, 6.07) is 8.59. The number of allylic oxidation sites excluding steroid dienone is 2. The van der Waals surface area contributed by atoms with Crippen molar-refractivity contribution in [3.8, 4) is 16.9 Å². The highest BCUT2D eigenvalue weighted by atomic mass is 19.1. The van der Waals surface area contributed by atoms with Gasteiger partial charge < -0.3 is 9.72 Å². The van der Waals surface area contributed by atoms with Crippen LogP contribution >= 0.6 is 0 Å². The van der Waals surface area contributed by atoms with Crippen LogP contribution in [-0.4, -0.2) is 17.1 Å². The van der Waals surface area contributed by atoms with E-state index in [4.69, 9.17) is 4.74 Å². The molecule has 3 nitrogen and oxygen atoms in total. The summed E-state index contributed by atoms with van der Waals surface area (Å²) >= 11 is 0. The number of hydrogen-bond donors (Lipinski definition) is 1. The van der Waals surface area contributed by atoms with Crippen molar-refractivity contribution in [1.82, 2.24) is 9.97 Å². The smallest absolute Gasteiger partial charge is 0.138 e. The van der Waals surface area contributed by atoms with Crippen LogP contribution in [0.4, 0.5) is 4.39 Å². The van der Waals surface area contributed by atoms with Crippen LogP contribution in [0.1, 0.15) is 25.0 Å². The molecule has 2 heterocycles. The third-order valence-electron chi connectivity index (χ3n) is 4.48. The van der Waals surface area contributed by atoms with Crippen LogP contribution in [0.5, 0.6) is 5.75 Å². The monoisotopic (exact) mass is 321 g/mol. The highest BCUT2D eigenvalue weighted by Crippen LogP contribution is 2.36. The van der Waals surface area contributed by atoms with Gasteiger partial charge in [-0.3, -0.25) is 0 Å². The Morgan fingerprint density at radius 2 is 2.08 bits per heavy atom. The third-order valence-corrected chi connectivity index (χ3v) is 4.48. The predicted molar refractivity (Wildman–Crippen MR) is 94.2 cm³/mol. The van der Waals surface area contributed by atoms with Crippen LogP contribution in [0, 0.1) is 12.2 Å². The number of methoxy groups -OCH3 is 1. The summed E-state index contributed by atoms with van der Waals surface area (Å²) in [6.07, 6.45) is 9.41. The van der Waals surface area contributed by atoms with E-state index in [-0.39, 0.29) is 5.82 Å². The molecule has 4 rings (SSSR count). The van der Waals surface area contributed by atoms with Crippen LogP contribution < -0.4 is 4.74 Å². The Hall–Kier alpha value is -2.62. The number of nitrogens with zero attached hydrogens (tertiary/aromatic N) is 1. The maximum absolute atomic E-state index is 13.8. The number of ether oxygens (including phenoxy) is 1. The van der Waals surface area contributed by atoms with Gasteiger partial charge in [-0.05, 0) is 67.2 Å². The molecule has 2 aromatic heterocycles. The lowest BCUT2D eigenvalue weighted by Gasteiger charge is -2.10. The number of aromatic amines is 1. The van der Waals surface area contributed by atoms with Crippen molar-refractivity contribution >= 4 is 16.6 Å². The van der Waals surface area contributed by atoms with Crippen LogP contribution in [0.25, 0.3) is 27.7 Å². The number of aromatic nitrogens is 2. The molecule has 0 atom stereocenters. The third kappa shape index (κ3) is 2.58. The first-order valence-electron chi connectivity index (χ1n) is 8.09. The molecule has 4 heteroatoms. The van der Waals surface area contributed by atoms with Gasteiger partial charge in [0.2, 0.25) is 0 Å². The summed E-state index contributed by atoms with van der Waals surface area (Å²) in [5.41, 5.74) is 4.87. The molecule has 1 radical (unpaired) electrons. The molecule has 0 saturated heterocycles. The Labute approximate surface area is 140 Å². The van der Waals surface area contributed by atoms with Crippen molar-refractivity contribution in [2.45, 2.75) is 19.3 Å². The Morgan fingerprint density at radius 1 is 1.17 bits per heavy atom. The average molecular weight is 321 g/mol. The highest BCUT2D eigenvalue weighted by Gasteiger charge is 2.15. The lowest BCUT2D eigenvalue weighted by atomic mass is 9.96. The molecule has 1 N–H and O–H groups in total. The molecule has 0 amide bonds. The van der Waals surface area contributed by atoms with E-state index < -0.39 is 0 Å². The SMILES string of the molecule is COc1ccc(F)cc1-c1ccnc2[nH]c(C3=CC[CH]CC3)cc12. The zero-order chi connectivity index (χ0) is 16.5. The minimum absolute atomic E-state index is 0.281. The normalized spacial score (nSPS) is 14.7. The first-order chi connectivity index (χ1) is 11.8. The minimum atomic E-state index is -0.281. The van der Waals surface area contributed by atoms with Crippen LogP contribution in [0.3, 0.4) is 0 Å². The van der Waals surface area contributed by atoms with E-state index in [9.17, 15) is 4.39 Å². The zero-order valence-corrected chi connectivity index (χ0v) is 13.5. The molecular formula is C20H18FN2O. The van der Waals surface area contributed by atoms with Gasteiger partial charge in [0, 0.05) is 22.8 Å². The van der Waals surface area contributed by atoms with Gasteiger partial charge >= 0.3 is 0 Å². The molecule has 0 aliphatic heterocycles. The van der Waals surface area contributed by atoms with E-state index in [1.165, 1.54) is 17.7 Å². The summed E-state index contributed by atoms with van der Waals surface area (Å²) in [5.74, 6) is 0.371. The van der Waals surface area contributed by atoms with Crippen LogP contribution in [0.2, 0.25) is 0 Å². The Kier molecular flexibility index (Phi) is 3.81. The van der Waals surface area contributed by atoms with Crippen molar-refractivity contribution in [1.29, 1.82) is 0 Å². The largest absolute Gasteiger partial charge is 0.496 e. The second-order valence-corrected chi connectivity index (χ2v) is 5.94. The van der Waals surface area contributed by atoms with Crippen molar-refractivity contribution in [3.63, 3.8) is 0 Å². The quantitative estimate of drug-likeness (QED) is 0.724. The van der Waals surface area contributed by atoms with E-state index in [0.717, 1.165) is 47.1 Å². The van der Waals surface area contributed by atoms with Crippen molar-refractivity contribution in [2.24, 2.45) is 0 Å². The number of H-pyrrole nitrogens is 1. The van der Waals surface area contributed by atoms with Gasteiger partial charge in [-0.15, -0.1) is 0 Å². The van der Waals surface area contributed by atoms with Crippen LogP contribution in [0.15, 0.2) is 42.6 Å². The number of rotatable bonds is 3. The van der Waals surface area contributed by atoms with Crippen molar-refractivity contribution in [2.75, 3.05) is 7.11 Å². The second kappa shape index (κ2) is 6.11. The first kappa shape index (κ1) is 14.9. The van der Waals surface area contributed by atoms with Crippen molar-refractivity contribution in [3.05, 3.63) is 60.5 Å². The van der Waals surface area contributed by atoms with E-state index >= 15 is 0 Å². The van der Waals surface area contributed by atoms with Gasteiger partial charge in [0.15, 0.2) is 0 Å². The number of nitrogens with one attached hydrogen (secondary N) is 1. The Balaban J connectivity index is 1.89. The minimum Gasteiger partial charge on any atom is -0.496 e. The van der Waals surface area contributed by atoms with Crippen LogP contribution in [-0.2, 0) is 0 Å². The molecule has 24 heavy (non-hydrogen) atoms. The standard InChI is InChI=1S/C20H18FN2O/c1-24-19-8-7-14(21)11-16(19)15-9-10-22-20-17(15)12-18(23-20)13-5-3-2-4-6-13/h2,5,7-12H,3-4,6H2,1H3,(H,22,23). The molecule has 0 fully saturated rings. The summed E-state index contributed by atoms with van der Waals surface area (Å²) in [5, 5.41) is 0.979. The Bertz CT molecular complexity index is 927. The fraction of sp³-hybridized carbons (Fsp3) is 0.200. The highest BCUT2D eigenvalue weighted by molar-refractivity contribution is 5.96. The number of benzene rings is 1. The van der Waals surface area contributed by atoms with Gasteiger partial charge in [-0.25, -0.2) is 9.37 Å². The number of pyridine rings is 1. The number of halogens is 1. The molecule has 1 aliphatic rings. The Morgan fingerprint density at radius 3 is 2.88 bits per heavy atom. The maximum Gasteiger partial charge on any atom is 0.138 e. The molecule has 0 saturated carbocycles. The fourth-order valence-electron chi connectivity index (χ4n) is 3.27. The molecule has 1 aliphatic carbocycles. The summed E-state index contributed by atoms with van der Waals surface area (Å²) in [6.45, 7) is 0. The lowest BCUT2D eigenvalue weighted by Crippen LogP contribution is -1.92. The fourth-order valence-corrected chi connectivity index (χ4v) is 3.27. The van der Waals surface area contributed by atoms with Gasteiger partial charge in [0.25, 0.3) is 0 Å². The van der Waals surface area contributed by atoms with Gasteiger partial charge in [-0.1, -0.05) is 6.08 Å². The van der Waals surface area contributed by atoms with Gasteiger partial charge in [0.1, 0.15) is 17.2 Å². The van der Waals surface area contributed by atoms with E-state index in [0.29, 0.717) is 5.75 Å². The second-order valence-electron chi connectivity index (χ2n) is 5.94. The first-order valence-corrected chi connectivity index (χ1v) is 8.09. The molecule has 1 aromatic carbocycles. The lowest BCUT2D eigenvalue weighted by molar-refractivity contribution is 0.415. The van der Waals surface area contributed by atoms with E-state index in [1.54, 1.807) is 19.4 Å². The van der Waals surface area contributed by atoms with E-state index in [1.807, 2.05) is 6.07 Å². The van der Waals surface area contributed by atoms with Gasteiger partial charge in [-0.2, -0.15) is 0 Å². The molecule has 0 bridgehead atoms. The molecule has 3 aromatic rings. The maximum atomic E-state index is 13.8. The summed E-state index contributed by atoms with van der Waals surface area (Å²) < 4.78 is 19.2. The average Bonchev–Trinajstić information content (AvgIpc) is 3.06. The summed E-state index contributed by atoms with van der Waals surface area (Å²) in [4.78, 5) is 7.84. The topological polar surface area (TPSA) is 37.9 Å². The zero-order valence-electron chi connectivity index (χ0n) is 13.5. The summed E-state index contributed by atoms with van der Waals surface area (Å²) in [7, 11) is 1.60. The predicted octanol–water partition coefficient (Wildman–Crippen LogP) is 5.15. The van der Waals surface area contributed by atoms with Crippen molar-refractivity contribution < 1.29 is 9.13 Å². The number of hydrogen-bond acceptors (Lipinski definition) is 2. The molecule has 121 valence electrons. The number of fused-ring (bicyclic) bond motifs is 1. The van der Waals surface area contributed by atoms with E-state index in [2.05, 4.69) is 28.5 Å². The molecule has 0 unspecified atom stereocenters. The molecular weight excluding hydrogens is 303 g/mol. The van der Waals surface area contributed by atoms with Gasteiger partial charge in [0.05, 0.1) is 7.11 Å².